The molecule has 1 aliphatic rings. The Morgan fingerprint density at radius 2 is 1.89 bits per heavy atom. The molecular weight excluding hydrogens is 487 g/mol. The summed E-state index contributed by atoms with van der Waals surface area (Å²) in [6, 6.07) is 8.47. The van der Waals surface area contributed by atoms with Crippen molar-refractivity contribution in [2.24, 2.45) is 0 Å². The standard InChI is InChI=1S/C20H14Br2F3NO/c21-15-6-4-12(9-16(15)22)14-11-20(14,25)8-2-1-3-19(27)26-18-7-5-13(23)10-17(18)24/h1-10,14H,11H2,(H,26,27)/b3-1+,8-2+. The van der Waals surface area contributed by atoms with Crippen LogP contribution < -0.4 is 5.32 Å². The Balaban J connectivity index is 1.57. The molecule has 27 heavy (non-hydrogen) atoms. The number of allylic oxidation sites excluding steroid dienone is 3. The second-order valence-corrected chi connectivity index (χ2v) is 7.90. The fraction of sp³-hybridized carbons (Fsp3) is 0.150. The van der Waals surface area contributed by atoms with Gasteiger partial charge in [0.2, 0.25) is 5.91 Å². The first kappa shape index (κ1) is 19.9. The van der Waals surface area contributed by atoms with E-state index in [1.165, 1.54) is 18.2 Å². The average Bonchev–Trinajstić information content (AvgIpc) is 3.29. The maximum atomic E-state index is 14.7. The molecule has 7 heteroatoms. The molecule has 2 atom stereocenters. The van der Waals surface area contributed by atoms with Crippen LogP contribution in [-0.4, -0.2) is 11.6 Å². The number of hydrogen-bond donors (Lipinski definition) is 1. The van der Waals surface area contributed by atoms with Crippen LogP contribution in [0.3, 0.4) is 0 Å². The molecule has 2 nitrogen and oxygen atoms in total. The number of anilines is 1. The third kappa shape index (κ3) is 4.90. The lowest BCUT2D eigenvalue weighted by molar-refractivity contribution is -0.111. The largest absolute Gasteiger partial charge is 0.320 e. The van der Waals surface area contributed by atoms with Crippen LogP contribution in [0.15, 0.2) is 69.6 Å². The zero-order valence-electron chi connectivity index (χ0n) is 13.9. The Bertz CT molecular complexity index is 945. The second-order valence-electron chi connectivity index (χ2n) is 6.19. The van der Waals surface area contributed by atoms with Gasteiger partial charge in [-0.1, -0.05) is 18.2 Å². The Morgan fingerprint density at radius 1 is 1.11 bits per heavy atom. The molecule has 0 aromatic heterocycles. The highest BCUT2D eigenvalue weighted by atomic mass is 79.9. The molecular formula is C20H14Br2F3NO. The average molecular weight is 501 g/mol. The highest BCUT2D eigenvalue weighted by Crippen LogP contribution is 2.56. The van der Waals surface area contributed by atoms with Crippen molar-refractivity contribution in [2.45, 2.75) is 18.0 Å². The number of rotatable bonds is 5. The molecule has 0 heterocycles. The summed E-state index contributed by atoms with van der Waals surface area (Å²) in [4.78, 5) is 11.7. The lowest BCUT2D eigenvalue weighted by Gasteiger charge is -2.04. The molecule has 2 unspecified atom stereocenters. The first-order chi connectivity index (χ1) is 12.8. The summed E-state index contributed by atoms with van der Waals surface area (Å²) in [7, 11) is 0. The summed E-state index contributed by atoms with van der Waals surface area (Å²) in [5.74, 6) is -2.42. The maximum Gasteiger partial charge on any atom is 0.248 e. The van der Waals surface area contributed by atoms with Gasteiger partial charge in [-0.25, -0.2) is 13.2 Å². The van der Waals surface area contributed by atoms with Crippen LogP contribution in [-0.2, 0) is 4.79 Å². The van der Waals surface area contributed by atoms with E-state index in [2.05, 4.69) is 37.2 Å². The fourth-order valence-corrected chi connectivity index (χ4v) is 3.33. The molecule has 1 N–H and O–H groups in total. The summed E-state index contributed by atoms with van der Waals surface area (Å²) < 4.78 is 42.8. The smallest absolute Gasteiger partial charge is 0.248 e. The highest BCUT2D eigenvalue weighted by molar-refractivity contribution is 9.13. The topological polar surface area (TPSA) is 29.1 Å². The highest BCUT2D eigenvalue weighted by Gasteiger charge is 2.54. The van der Waals surface area contributed by atoms with Gasteiger partial charge in [0, 0.05) is 27.0 Å². The summed E-state index contributed by atoms with van der Waals surface area (Å²) in [6.07, 6.45) is 5.77. The van der Waals surface area contributed by atoms with Crippen LogP contribution in [0.2, 0.25) is 0 Å². The van der Waals surface area contributed by atoms with Gasteiger partial charge in [0.25, 0.3) is 0 Å². The Morgan fingerprint density at radius 3 is 2.59 bits per heavy atom. The van der Waals surface area contributed by atoms with Gasteiger partial charge in [0.15, 0.2) is 0 Å². The van der Waals surface area contributed by atoms with Gasteiger partial charge in [0.05, 0.1) is 5.69 Å². The molecule has 3 rings (SSSR count). The number of benzene rings is 2. The normalized spacial score (nSPS) is 21.7. The maximum absolute atomic E-state index is 14.7. The van der Waals surface area contributed by atoms with Crippen molar-refractivity contribution >= 4 is 43.5 Å². The van der Waals surface area contributed by atoms with Crippen molar-refractivity contribution < 1.29 is 18.0 Å². The molecule has 0 radical (unpaired) electrons. The number of alkyl halides is 1. The van der Waals surface area contributed by atoms with Crippen molar-refractivity contribution in [3.05, 3.63) is 86.8 Å². The van der Waals surface area contributed by atoms with Crippen LogP contribution in [0.4, 0.5) is 18.9 Å². The van der Waals surface area contributed by atoms with Crippen LogP contribution in [0.1, 0.15) is 17.9 Å². The van der Waals surface area contributed by atoms with Crippen molar-refractivity contribution in [3.8, 4) is 0 Å². The minimum Gasteiger partial charge on any atom is -0.320 e. The summed E-state index contributed by atoms with van der Waals surface area (Å²) in [5, 5.41) is 2.29. The predicted molar refractivity (Wildman–Crippen MR) is 106 cm³/mol. The minimum atomic E-state index is -1.45. The van der Waals surface area contributed by atoms with Crippen LogP contribution in [0, 0.1) is 11.6 Å². The number of hydrogen-bond acceptors (Lipinski definition) is 1. The summed E-state index contributed by atoms with van der Waals surface area (Å²) in [6.45, 7) is 0. The molecule has 0 bridgehead atoms. The summed E-state index contributed by atoms with van der Waals surface area (Å²) in [5.41, 5.74) is -0.678. The van der Waals surface area contributed by atoms with Crippen molar-refractivity contribution in [3.63, 3.8) is 0 Å². The van der Waals surface area contributed by atoms with Crippen LogP contribution in [0.25, 0.3) is 0 Å². The molecule has 1 fully saturated rings. The van der Waals surface area contributed by atoms with E-state index in [4.69, 9.17) is 0 Å². The van der Waals surface area contributed by atoms with E-state index in [-0.39, 0.29) is 11.6 Å². The van der Waals surface area contributed by atoms with E-state index in [1.807, 2.05) is 18.2 Å². The molecule has 1 saturated carbocycles. The molecule has 2 aromatic rings. The van der Waals surface area contributed by atoms with Gasteiger partial charge in [0.1, 0.15) is 17.3 Å². The third-order valence-electron chi connectivity index (χ3n) is 4.20. The van der Waals surface area contributed by atoms with Gasteiger partial charge in [-0.3, -0.25) is 4.79 Å². The first-order valence-corrected chi connectivity index (χ1v) is 9.63. The number of halogens is 5. The second kappa shape index (κ2) is 8.02. The molecule has 2 aromatic carbocycles. The Kier molecular flexibility index (Phi) is 5.91. The van der Waals surface area contributed by atoms with E-state index in [0.717, 1.165) is 32.7 Å². The van der Waals surface area contributed by atoms with Crippen LogP contribution in [0.5, 0.6) is 0 Å². The third-order valence-corrected chi connectivity index (χ3v) is 6.08. The fourth-order valence-electron chi connectivity index (χ4n) is 2.69. The van der Waals surface area contributed by atoms with Crippen molar-refractivity contribution in [1.82, 2.24) is 0 Å². The Labute approximate surface area is 171 Å². The van der Waals surface area contributed by atoms with Gasteiger partial charge in [-0.2, -0.15) is 0 Å². The van der Waals surface area contributed by atoms with Gasteiger partial charge < -0.3 is 5.32 Å². The van der Waals surface area contributed by atoms with Gasteiger partial charge >= 0.3 is 0 Å². The molecule has 0 aliphatic heterocycles. The van der Waals surface area contributed by atoms with E-state index in [0.29, 0.717) is 12.5 Å². The SMILES string of the molecule is O=C(/C=C/C=C/C1(F)CC1c1ccc(Br)c(Br)c1)Nc1ccc(F)cc1F. The summed E-state index contributed by atoms with van der Waals surface area (Å²) >= 11 is 6.79. The number of nitrogens with one attached hydrogen (secondary N) is 1. The first-order valence-electron chi connectivity index (χ1n) is 8.04. The zero-order valence-corrected chi connectivity index (χ0v) is 17.0. The zero-order chi connectivity index (χ0) is 19.6. The molecule has 1 amide bonds. The van der Waals surface area contributed by atoms with E-state index in [1.54, 1.807) is 0 Å². The number of amides is 1. The lowest BCUT2D eigenvalue weighted by atomic mass is 10.1. The molecule has 1 aliphatic carbocycles. The monoisotopic (exact) mass is 499 g/mol. The van der Waals surface area contributed by atoms with Crippen molar-refractivity contribution in [1.29, 1.82) is 0 Å². The number of carbonyl (C=O) groups excluding carboxylic acids is 1. The van der Waals surface area contributed by atoms with Crippen molar-refractivity contribution in [2.75, 3.05) is 5.32 Å². The minimum absolute atomic E-state index is 0.125. The quantitative estimate of drug-likeness (QED) is 0.371. The number of carbonyl (C=O) groups is 1. The van der Waals surface area contributed by atoms with E-state index in [9.17, 15) is 18.0 Å². The van der Waals surface area contributed by atoms with Crippen LogP contribution >= 0.6 is 31.9 Å². The van der Waals surface area contributed by atoms with E-state index < -0.39 is 23.2 Å². The lowest BCUT2D eigenvalue weighted by Crippen LogP contribution is -2.09. The van der Waals surface area contributed by atoms with Gasteiger partial charge in [-0.15, -0.1) is 0 Å². The molecule has 140 valence electrons. The predicted octanol–water partition coefficient (Wildman–Crippen LogP) is 6.44. The van der Waals surface area contributed by atoms with E-state index >= 15 is 0 Å². The molecule has 0 saturated heterocycles. The van der Waals surface area contributed by atoms with Gasteiger partial charge in [-0.05, 0) is 74.2 Å². The Hall–Kier alpha value is -1.86. The molecule has 0 spiro atoms.